The Bertz CT molecular complexity index is 1690. The van der Waals surface area contributed by atoms with Gasteiger partial charge in [-0.15, -0.1) is 0 Å². The first-order chi connectivity index (χ1) is 24.0. The van der Waals surface area contributed by atoms with E-state index in [1.54, 1.807) is 18.2 Å². The third-order valence-corrected chi connectivity index (χ3v) is 13.7. The summed E-state index contributed by atoms with van der Waals surface area (Å²) in [6.07, 6.45) is 1.05. The number of hydrogen-bond acceptors (Lipinski definition) is 6. The number of carbonyl (C=O) groups is 2. The summed E-state index contributed by atoms with van der Waals surface area (Å²) >= 11 is 0. The van der Waals surface area contributed by atoms with Gasteiger partial charge in [0.15, 0.2) is 8.32 Å². The van der Waals surface area contributed by atoms with Gasteiger partial charge in [-0.3, -0.25) is 9.59 Å². The van der Waals surface area contributed by atoms with Crippen LogP contribution in [0.5, 0.6) is 5.75 Å². The largest absolute Gasteiger partial charge is 0.508 e. The first-order valence-corrected chi connectivity index (χ1v) is 20.4. The second kappa shape index (κ2) is 18.8. The molecule has 1 atom stereocenters. The highest BCUT2D eigenvalue weighted by Gasteiger charge is 2.40. The van der Waals surface area contributed by atoms with Crippen molar-refractivity contribution in [3.05, 3.63) is 137 Å². The predicted molar refractivity (Wildman–Crippen MR) is 207 cm³/mol. The summed E-state index contributed by atoms with van der Waals surface area (Å²) in [4.78, 5) is 22.6. The van der Waals surface area contributed by atoms with Crippen LogP contribution in [0.3, 0.4) is 0 Å². The number of nitrogens with one attached hydrogen (secondary N) is 2. The van der Waals surface area contributed by atoms with Crippen molar-refractivity contribution in [2.75, 3.05) is 6.54 Å². The molecule has 0 fully saturated rings. The predicted octanol–water partition coefficient (Wildman–Crippen LogP) is 7.73. The van der Waals surface area contributed by atoms with Gasteiger partial charge in [-0.05, 0) is 78.4 Å². The minimum atomic E-state index is -2.11. The van der Waals surface area contributed by atoms with E-state index in [1.165, 1.54) is 5.56 Å². The molecule has 0 aliphatic carbocycles. The molecule has 274 valence electrons. The van der Waals surface area contributed by atoms with Gasteiger partial charge in [0.25, 0.3) is 0 Å². The van der Waals surface area contributed by atoms with Crippen LogP contribution in [0.25, 0.3) is 0 Å². The van der Waals surface area contributed by atoms with E-state index >= 15 is 0 Å². The van der Waals surface area contributed by atoms with Gasteiger partial charge in [-0.1, -0.05) is 112 Å². The maximum Gasteiger partial charge on any atom is 0.307 e. The summed E-state index contributed by atoms with van der Waals surface area (Å²) in [7, 11) is -2.11. The van der Waals surface area contributed by atoms with Gasteiger partial charge >= 0.3 is 5.97 Å². The fraction of sp³-hybridized carbons (Fsp3) is 0.381. The molecule has 4 aromatic rings. The molecule has 0 saturated heterocycles. The van der Waals surface area contributed by atoms with Crippen LogP contribution in [-0.2, 0) is 46.4 Å². The monoisotopic (exact) mass is 712 g/mol. The number of aliphatic hydroxyl groups excluding tert-OH is 1. The molecule has 0 aromatic heterocycles. The Morgan fingerprint density at radius 3 is 1.90 bits per heavy atom. The van der Waals surface area contributed by atoms with E-state index in [9.17, 15) is 19.8 Å². The number of phenols is 1. The number of carboxylic acid groups (broad SMARTS) is 1. The molecule has 0 heterocycles. The molecule has 0 spiro atoms. The topological polar surface area (TPSA) is 128 Å². The average Bonchev–Trinajstić information content (AvgIpc) is 3.06. The fourth-order valence-electron chi connectivity index (χ4n) is 5.30. The third-order valence-electron chi connectivity index (χ3n) is 9.19. The van der Waals surface area contributed by atoms with Crippen LogP contribution >= 0.6 is 0 Å². The van der Waals surface area contributed by atoms with E-state index in [1.807, 2.05) is 72.8 Å². The number of aliphatic carboxylic acids is 1. The average molecular weight is 713 g/mol. The first kappa shape index (κ1) is 41.1. The Balaban J connectivity index is 0.000000602. The first-order valence-electron chi connectivity index (χ1n) is 17.5. The lowest BCUT2D eigenvalue weighted by Gasteiger charge is -2.40. The molecule has 4 rings (SSSR count). The SMILES string of the molecule is CC(C)(Cc1cccc(CNC(=O)Cc2ccccc2)c1)NC[C@H](O[Si](C)(C)C(C)(C)C)c1ccc(O)c(CO)c1.O=C(O)Cc1ccccc1. The molecule has 0 aliphatic rings. The molecule has 0 bridgehead atoms. The summed E-state index contributed by atoms with van der Waals surface area (Å²) in [5.74, 6) is -0.687. The lowest BCUT2D eigenvalue weighted by atomic mass is 9.93. The van der Waals surface area contributed by atoms with Crippen LogP contribution < -0.4 is 10.6 Å². The van der Waals surface area contributed by atoms with Crippen molar-refractivity contribution in [1.29, 1.82) is 0 Å². The smallest absolute Gasteiger partial charge is 0.307 e. The zero-order valence-corrected chi connectivity index (χ0v) is 32.2. The van der Waals surface area contributed by atoms with E-state index in [4.69, 9.17) is 9.53 Å². The van der Waals surface area contributed by atoms with E-state index < -0.39 is 14.3 Å². The number of benzene rings is 4. The minimum Gasteiger partial charge on any atom is -0.508 e. The van der Waals surface area contributed by atoms with Crippen LogP contribution in [0.2, 0.25) is 18.1 Å². The number of carbonyl (C=O) groups excluding carboxylic acids is 1. The van der Waals surface area contributed by atoms with Crippen LogP contribution in [0, 0.1) is 0 Å². The van der Waals surface area contributed by atoms with Crippen molar-refractivity contribution in [2.24, 2.45) is 0 Å². The zero-order valence-electron chi connectivity index (χ0n) is 31.2. The molecular weight excluding hydrogens is 657 g/mol. The van der Waals surface area contributed by atoms with E-state index in [0.29, 0.717) is 25.1 Å². The normalized spacial score (nSPS) is 12.4. The van der Waals surface area contributed by atoms with Gasteiger partial charge in [0.2, 0.25) is 5.91 Å². The number of rotatable bonds is 15. The Labute approximate surface area is 305 Å². The Hall–Kier alpha value is -4.28. The minimum absolute atomic E-state index is 0.00922. The highest BCUT2D eigenvalue weighted by molar-refractivity contribution is 6.74. The fourth-order valence-corrected chi connectivity index (χ4v) is 6.58. The van der Waals surface area contributed by atoms with Gasteiger partial charge in [-0.25, -0.2) is 0 Å². The summed E-state index contributed by atoms with van der Waals surface area (Å²) in [5.41, 5.74) is 5.30. The van der Waals surface area contributed by atoms with Gasteiger partial charge < -0.3 is 30.4 Å². The second-order valence-electron chi connectivity index (χ2n) is 15.2. The molecule has 1 amide bonds. The molecule has 8 nitrogen and oxygen atoms in total. The lowest BCUT2D eigenvalue weighted by molar-refractivity contribution is -0.136. The summed E-state index contributed by atoms with van der Waals surface area (Å²) in [6.45, 7) is 16.4. The Morgan fingerprint density at radius 1 is 0.765 bits per heavy atom. The maximum absolute atomic E-state index is 12.4. The summed E-state index contributed by atoms with van der Waals surface area (Å²) < 4.78 is 6.86. The van der Waals surface area contributed by atoms with Gasteiger partial charge in [-0.2, -0.15) is 0 Å². The molecule has 9 heteroatoms. The quantitative estimate of drug-likeness (QED) is 0.0799. The summed E-state index contributed by atoms with van der Waals surface area (Å²) in [6, 6.07) is 32.6. The number of aromatic hydroxyl groups is 1. The highest BCUT2D eigenvalue weighted by atomic mass is 28.4. The number of carboxylic acids is 1. The molecule has 0 unspecified atom stereocenters. The maximum atomic E-state index is 12.4. The Morgan fingerprint density at radius 2 is 1.33 bits per heavy atom. The van der Waals surface area contributed by atoms with E-state index in [0.717, 1.165) is 28.7 Å². The molecular formula is C42H56N2O6Si. The van der Waals surface area contributed by atoms with Gasteiger partial charge in [0.1, 0.15) is 5.75 Å². The third kappa shape index (κ3) is 14.1. The lowest BCUT2D eigenvalue weighted by Crippen LogP contribution is -2.47. The van der Waals surface area contributed by atoms with Gasteiger partial charge in [0.05, 0.1) is 25.6 Å². The number of amides is 1. The van der Waals surface area contributed by atoms with Crippen LogP contribution in [0.15, 0.2) is 103 Å². The molecule has 4 aromatic carbocycles. The van der Waals surface area contributed by atoms with Crippen LogP contribution in [0.1, 0.15) is 74.1 Å². The zero-order chi connectivity index (χ0) is 37.7. The van der Waals surface area contributed by atoms with Crippen molar-refractivity contribution < 1.29 is 29.3 Å². The van der Waals surface area contributed by atoms with Crippen molar-refractivity contribution >= 4 is 20.2 Å². The van der Waals surface area contributed by atoms with Gasteiger partial charge in [0, 0.05) is 24.2 Å². The molecule has 5 N–H and O–H groups in total. The second-order valence-corrected chi connectivity index (χ2v) is 19.9. The van der Waals surface area contributed by atoms with Crippen molar-refractivity contribution in [1.82, 2.24) is 10.6 Å². The van der Waals surface area contributed by atoms with Crippen molar-refractivity contribution in [3.63, 3.8) is 0 Å². The highest BCUT2D eigenvalue weighted by Crippen LogP contribution is 2.40. The van der Waals surface area contributed by atoms with Crippen LogP contribution in [0.4, 0.5) is 0 Å². The van der Waals surface area contributed by atoms with Crippen LogP contribution in [-0.4, -0.2) is 47.6 Å². The molecule has 0 saturated carbocycles. The number of hydrogen-bond donors (Lipinski definition) is 5. The van der Waals surface area contributed by atoms with E-state index in [2.05, 4.69) is 70.5 Å². The number of aliphatic hydroxyl groups is 1. The summed E-state index contributed by atoms with van der Waals surface area (Å²) in [5, 5.41) is 35.0. The molecule has 51 heavy (non-hydrogen) atoms. The van der Waals surface area contributed by atoms with E-state index in [-0.39, 0.29) is 41.4 Å². The van der Waals surface area contributed by atoms with Crippen molar-refractivity contribution in [3.8, 4) is 5.75 Å². The standard InChI is InChI=1S/C34H48N2O4Si.C8H8O2/c1-33(2,3)41(6,7)40-31(28-16-17-30(38)29(20-28)24-37)23-36-34(4,5)21-26-14-11-15-27(18-26)22-35-32(39)19-25-12-9-8-10-13-25;9-8(10)6-7-4-2-1-3-5-7/h8-18,20,31,36-38H,19,21-24H2,1-7H3,(H,35,39);1-5H,6H2,(H,9,10)/t31-;/m0./s1. The molecule has 0 aliphatic heterocycles. The molecule has 0 radical (unpaired) electrons. The van der Waals surface area contributed by atoms with Crippen molar-refractivity contribution in [2.45, 2.75) is 96.8 Å². The Kier molecular flexibility index (Phi) is 15.2.